The molecule has 0 amide bonds. The lowest BCUT2D eigenvalue weighted by Gasteiger charge is -2.25. The Morgan fingerprint density at radius 2 is 1.62 bits per heavy atom. The van der Waals surface area contributed by atoms with E-state index in [2.05, 4.69) is 43.0 Å². The lowest BCUT2D eigenvalue weighted by atomic mass is 9.80. The third-order valence-electron chi connectivity index (χ3n) is 4.58. The van der Waals surface area contributed by atoms with Gasteiger partial charge >= 0.3 is 0 Å². The molecule has 1 saturated carbocycles. The van der Waals surface area contributed by atoms with Gasteiger partial charge in [-0.25, -0.2) is 0 Å². The third kappa shape index (κ3) is 5.28. The van der Waals surface area contributed by atoms with Crippen molar-refractivity contribution in [3.63, 3.8) is 0 Å². The van der Waals surface area contributed by atoms with Gasteiger partial charge in [0.2, 0.25) is 0 Å². The summed E-state index contributed by atoms with van der Waals surface area (Å²) in [5.41, 5.74) is 2.93. The maximum Gasteiger partial charge on any atom is 0.152 e. The van der Waals surface area contributed by atoms with Crippen LogP contribution in [-0.2, 0) is 12.8 Å². The predicted molar refractivity (Wildman–Crippen MR) is 87.6 cm³/mol. The molecule has 1 nitrogen and oxygen atoms in total. The van der Waals surface area contributed by atoms with Crippen molar-refractivity contribution in [1.29, 1.82) is 5.26 Å². The Morgan fingerprint density at radius 1 is 1.00 bits per heavy atom. The van der Waals surface area contributed by atoms with Gasteiger partial charge in [-0.15, -0.1) is 0 Å². The first kappa shape index (κ1) is 15.7. The van der Waals surface area contributed by atoms with Gasteiger partial charge in [0.25, 0.3) is 0 Å². The van der Waals surface area contributed by atoms with E-state index in [-0.39, 0.29) is 0 Å². The van der Waals surface area contributed by atoms with Gasteiger partial charge in [0.1, 0.15) is 0 Å². The van der Waals surface area contributed by atoms with E-state index in [0.29, 0.717) is 5.92 Å². The molecule has 2 rings (SSSR count). The molecule has 0 saturated heterocycles. The predicted octanol–water partition coefficient (Wildman–Crippen LogP) is 4.91. The fraction of sp³-hybridized carbons (Fsp3) is 0.550. The van der Waals surface area contributed by atoms with Crippen LogP contribution >= 0.6 is 0 Å². The highest BCUT2D eigenvalue weighted by atomic mass is 14.2. The van der Waals surface area contributed by atoms with Crippen LogP contribution in [0.4, 0.5) is 0 Å². The molecule has 0 unspecified atom stereocenters. The minimum Gasteiger partial charge on any atom is -0.183 e. The summed E-state index contributed by atoms with van der Waals surface area (Å²) in [6.07, 6.45) is 9.81. The summed E-state index contributed by atoms with van der Waals surface area (Å²) in [6.45, 7) is 2.23. The monoisotopic (exact) mass is 279 g/mol. The first-order chi connectivity index (χ1) is 10.3. The molecule has 110 valence electrons. The van der Waals surface area contributed by atoms with E-state index in [4.69, 9.17) is 5.26 Å². The average Bonchev–Trinajstić information content (AvgIpc) is 2.53. The van der Waals surface area contributed by atoms with Crippen LogP contribution in [0.1, 0.15) is 56.6 Å². The molecule has 1 aliphatic rings. The molecule has 1 heteroatoms. The van der Waals surface area contributed by atoms with Gasteiger partial charge in [-0.1, -0.05) is 43.5 Å². The van der Waals surface area contributed by atoms with Crippen molar-refractivity contribution in [2.75, 3.05) is 0 Å². The maximum absolute atomic E-state index is 8.49. The largest absolute Gasteiger partial charge is 0.183 e. The number of nitriles is 1. The Bertz CT molecular complexity index is 516. The lowest BCUT2D eigenvalue weighted by molar-refractivity contribution is 0.302. The van der Waals surface area contributed by atoms with Crippen LogP contribution in [0, 0.1) is 35.0 Å². The highest BCUT2D eigenvalue weighted by Gasteiger charge is 2.19. The number of aryl methyl sites for hydroxylation is 2. The van der Waals surface area contributed by atoms with Gasteiger partial charge < -0.3 is 0 Å². The van der Waals surface area contributed by atoms with Crippen molar-refractivity contribution in [3.8, 4) is 17.9 Å². The fourth-order valence-corrected chi connectivity index (χ4v) is 3.26. The van der Waals surface area contributed by atoms with Gasteiger partial charge in [0.15, 0.2) is 6.07 Å². The van der Waals surface area contributed by atoms with Gasteiger partial charge in [-0.3, -0.25) is 0 Å². The highest BCUT2D eigenvalue weighted by molar-refractivity contribution is 5.23. The smallest absolute Gasteiger partial charge is 0.152 e. The van der Waals surface area contributed by atoms with Gasteiger partial charge in [-0.05, 0) is 62.0 Å². The van der Waals surface area contributed by atoms with E-state index in [9.17, 15) is 0 Å². The molecule has 1 aromatic rings. The topological polar surface area (TPSA) is 23.8 Å². The van der Waals surface area contributed by atoms with Crippen LogP contribution in [0.2, 0.25) is 0 Å². The molecule has 21 heavy (non-hydrogen) atoms. The minimum absolute atomic E-state index is 0.467. The SMILES string of the molecule is CCCc1ccc(CCC2CCC(C#CC#N)CC2)cc1. The van der Waals surface area contributed by atoms with Crippen molar-refractivity contribution in [3.05, 3.63) is 35.4 Å². The number of rotatable bonds is 5. The molecular formula is C20H25N. The highest BCUT2D eigenvalue weighted by Crippen LogP contribution is 2.31. The second-order valence-electron chi connectivity index (χ2n) is 6.20. The zero-order chi connectivity index (χ0) is 14.9. The lowest BCUT2D eigenvalue weighted by Crippen LogP contribution is -2.14. The molecular weight excluding hydrogens is 254 g/mol. The summed E-state index contributed by atoms with van der Waals surface area (Å²) in [7, 11) is 0. The first-order valence-electron chi connectivity index (χ1n) is 8.29. The summed E-state index contributed by atoms with van der Waals surface area (Å²) in [6, 6.07) is 11.1. The summed E-state index contributed by atoms with van der Waals surface area (Å²) in [5.74, 6) is 6.95. The van der Waals surface area contributed by atoms with E-state index >= 15 is 0 Å². The van der Waals surface area contributed by atoms with Crippen LogP contribution in [-0.4, -0.2) is 0 Å². The summed E-state index contributed by atoms with van der Waals surface area (Å²) in [4.78, 5) is 0. The number of hydrogen-bond donors (Lipinski definition) is 0. The number of hydrogen-bond acceptors (Lipinski definition) is 1. The summed E-state index contributed by atoms with van der Waals surface area (Å²) >= 11 is 0. The van der Waals surface area contributed by atoms with Crippen molar-refractivity contribution in [2.45, 2.75) is 58.3 Å². The second kappa shape index (κ2) is 8.53. The van der Waals surface area contributed by atoms with Crippen LogP contribution in [0.15, 0.2) is 24.3 Å². The molecule has 1 aromatic carbocycles. The van der Waals surface area contributed by atoms with Crippen LogP contribution < -0.4 is 0 Å². The zero-order valence-corrected chi connectivity index (χ0v) is 13.1. The van der Waals surface area contributed by atoms with E-state index in [1.807, 2.05) is 6.07 Å². The van der Waals surface area contributed by atoms with Crippen molar-refractivity contribution >= 4 is 0 Å². The number of nitrogens with zero attached hydrogens (tertiary/aromatic N) is 1. The minimum atomic E-state index is 0.467. The normalized spacial score (nSPS) is 21.1. The van der Waals surface area contributed by atoms with Crippen molar-refractivity contribution in [2.24, 2.45) is 11.8 Å². The van der Waals surface area contributed by atoms with Gasteiger partial charge in [0, 0.05) is 11.8 Å². The Hall–Kier alpha value is -1.73. The second-order valence-corrected chi connectivity index (χ2v) is 6.20. The molecule has 0 atom stereocenters. The van der Waals surface area contributed by atoms with E-state index in [1.165, 1.54) is 62.5 Å². The van der Waals surface area contributed by atoms with Crippen molar-refractivity contribution in [1.82, 2.24) is 0 Å². The summed E-state index contributed by atoms with van der Waals surface area (Å²) < 4.78 is 0. The van der Waals surface area contributed by atoms with Crippen LogP contribution in [0.25, 0.3) is 0 Å². The Balaban J connectivity index is 1.73. The molecule has 0 radical (unpaired) electrons. The molecule has 0 N–H and O–H groups in total. The Kier molecular flexibility index (Phi) is 6.36. The molecule has 0 heterocycles. The van der Waals surface area contributed by atoms with Crippen LogP contribution in [0.3, 0.4) is 0 Å². The fourth-order valence-electron chi connectivity index (χ4n) is 3.26. The zero-order valence-electron chi connectivity index (χ0n) is 13.1. The van der Waals surface area contributed by atoms with Crippen molar-refractivity contribution < 1.29 is 0 Å². The average molecular weight is 279 g/mol. The molecule has 0 bridgehead atoms. The molecule has 0 spiro atoms. The quantitative estimate of drug-likeness (QED) is 0.703. The van der Waals surface area contributed by atoms with E-state index in [0.717, 1.165) is 5.92 Å². The Labute approximate surface area is 129 Å². The first-order valence-corrected chi connectivity index (χ1v) is 8.29. The molecule has 1 fully saturated rings. The standard InChI is InChI=1S/C20H25N/c1-2-4-17-6-10-19(11-7-17)14-15-20-12-8-18(9-13-20)5-3-16-21/h6-7,10-11,18,20H,2,4,8-9,12-15H2,1H3. The maximum atomic E-state index is 8.49. The van der Waals surface area contributed by atoms with Gasteiger partial charge in [0.05, 0.1) is 0 Å². The molecule has 1 aliphatic carbocycles. The Morgan fingerprint density at radius 3 is 2.19 bits per heavy atom. The van der Waals surface area contributed by atoms with E-state index < -0.39 is 0 Å². The van der Waals surface area contributed by atoms with Crippen LogP contribution in [0.5, 0.6) is 0 Å². The third-order valence-corrected chi connectivity index (χ3v) is 4.58. The van der Waals surface area contributed by atoms with E-state index in [1.54, 1.807) is 0 Å². The summed E-state index contributed by atoms with van der Waals surface area (Å²) in [5, 5.41) is 8.49. The number of benzene rings is 1. The molecule has 0 aliphatic heterocycles. The van der Waals surface area contributed by atoms with Gasteiger partial charge in [-0.2, -0.15) is 5.26 Å². The molecule has 0 aromatic heterocycles.